The molecule has 0 unspecified atom stereocenters. The number of rotatable bonds is 2. The molecule has 1 aromatic rings. The Bertz CT molecular complexity index is 493. The standard InChI is InChI=1S/C15H22BNO2/c1-14(2)15(3,4)19-16(18-14)13-9-11(17)7-8-12(13)10-5-6-10/h7-10H,5-6,17H2,1-4H3. The molecule has 1 aromatic carbocycles. The van der Waals surface area contributed by atoms with E-state index >= 15 is 0 Å². The largest absolute Gasteiger partial charge is 0.495 e. The van der Waals surface area contributed by atoms with Crippen LogP contribution in [-0.4, -0.2) is 18.3 Å². The number of nitrogen functional groups attached to an aromatic ring is 1. The monoisotopic (exact) mass is 259 g/mol. The number of benzene rings is 1. The maximum atomic E-state index is 6.15. The summed E-state index contributed by atoms with van der Waals surface area (Å²) in [4.78, 5) is 0. The molecule has 3 rings (SSSR count). The first-order valence-electron chi connectivity index (χ1n) is 7.05. The molecule has 0 bridgehead atoms. The highest BCUT2D eigenvalue weighted by atomic mass is 16.7. The number of hydrogen-bond acceptors (Lipinski definition) is 3. The summed E-state index contributed by atoms with van der Waals surface area (Å²) >= 11 is 0. The van der Waals surface area contributed by atoms with Crippen LogP contribution in [0.1, 0.15) is 52.0 Å². The van der Waals surface area contributed by atoms with Gasteiger partial charge in [-0.05, 0) is 69.6 Å². The lowest BCUT2D eigenvalue weighted by molar-refractivity contribution is 0.00578. The van der Waals surface area contributed by atoms with Gasteiger partial charge in [0.15, 0.2) is 0 Å². The van der Waals surface area contributed by atoms with Crippen molar-refractivity contribution in [3.8, 4) is 0 Å². The fourth-order valence-electron chi connectivity index (χ4n) is 2.53. The molecule has 0 atom stereocenters. The molecular formula is C15H22BNO2. The molecule has 102 valence electrons. The van der Waals surface area contributed by atoms with Crippen molar-refractivity contribution in [2.45, 2.75) is 57.7 Å². The molecule has 1 saturated heterocycles. The quantitative estimate of drug-likeness (QED) is 0.655. The maximum absolute atomic E-state index is 6.15. The van der Waals surface area contributed by atoms with Crippen molar-refractivity contribution in [1.82, 2.24) is 0 Å². The van der Waals surface area contributed by atoms with Gasteiger partial charge in [-0.15, -0.1) is 0 Å². The van der Waals surface area contributed by atoms with Crippen molar-refractivity contribution in [3.63, 3.8) is 0 Å². The third-order valence-electron chi connectivity index (χ3n) is 4.64. The zero-order valence-corrected chi connectivity index (χ0v) is 12.2. The van der Waals surface area contributed by atoms with E-state index in [1.807, 2.05) is 12.1 Å². The van der Waals surface area contributed by atoms with E-state index < -0.39 is 0 Å². The number of hydrogen-bond donors (Lipinski definition) is 1. The summed E-state index contributed by atoms with van der Waals surface area (Å²) in [5.41, 5.74) is 8.56. The average molecular weight is 259 g/mol. The first kappa shape index (κ1) is 13.0. The van der Waals surface area contributed by atoms with E-state index in [4.69, 9.17) is 15.0 Å². The smallest absolute Gasteiger partial charge is 0.399 e. The normalized spacial score (nSPS) is 24.7. The molecule has 0 radical (unpaired) electrons. The molecule has 0 amide bonds. The molecule has 1 aliphatic carbocycles. The summed E-state index contributed by atoms with van der Waals surface area (Å²) in [5.74, 6) is 0.662. The molecule has 2 N–H and O–H groups in total. The molecule has 2 fully saturated rings. The van der Waals surface area contributed by atoms with E-state index in [-0.39, 0.29) is 18.3 Å². The Balaban J connectivity index is 1.97. The van der Waals surface area contributed by atoms with Gasteiger partial charge in [-0.3, -0.25) is 0 Å². The van der Waals surface area contributed by atoms with E-state index in [1.165, 1.54) is 18.4 Å². The van der Waals surface area contributed by atoms with Crippen LogP contribution in [0.3, 0.4) is 0 Å². The summed E-state index contributed by atoms with van der Waals surface area (Å²) in [6, 6.07) is 6.12. The topological polar surface area (TPSA) is 44.5 Å². The fourth-order valence-corrected chi connectivity index (χ4v) is 2.53. The van der Waals surface area contributed by atoms with Gasteiger partial charge in [0.1, 0.15) is 0 Å². The van der Waals surface area contributed by atoms with E-state index in [0.29, 0.717) is 5.92 Å². The maximum Gasteiger partial charge on any atom is 0.495 e. The second-order valence-electron chi connectivity index (χ2n) is 6.75. The van der Waals surface area contributed by atoms with Crippen molar-refractivity contribution in [2.75, 3.05) is 5.73 Å². The van der Waals surface area contributed by atoms with Crippen molar-refractivity contribution in [2.24, 2.45) is 0 Å². The second-order valence-corrected chi connectivity index (χ2v) is 6.75. The fraction of sp³-hybridized carbons (Fsp3) is 0.600. The van der Waals surface area contributed by atoms with Crippen LogP contribution in [0.5, 0.6) is 0 Å². The summed E-state index contributed by atoms with van der Waals surface area (Å²) in [6.45, 7) is 8.32. The second kappa shape index (κ2) is 4.00. The Hall–Kier alpha value is -0.995. The predicted molar refractivity (Wildman–Crippen MR) is 78.5 cm³/mol. The molecule has 0 spiro atoms. The van der Waals surface area contributed by atoms with Crippen molar-refractivity contribution >= 4 is 18.3 Å². The van der Waals surface area contributed by atoms with Crippen LogP contribution < -0.4 is 11.2 Å². The van der Waals surface area contributed by atoms with Crippen LogP contribution in [0.2, 0.25) is 0 Å². The summed E-state index contributed by atoms with van der Waals surface area (Å²) < 4.78 is 12.3. The van der Waals surface area contributed by atoms with E-state index in [0.717, 1.165) is 11.2 Å². The minimum Gasteiger partial charge on any atom is -0.399 e. The Morgan fingerprint density at radius 2 is 1.68 bits per heavy atom. The third kappa shape index (κ3) is 2.17. The van der Waals surface area contributed by atoms with Crippen molar-refractivity contribution in [1.29, 1.82) is 0 Å². The molecule has 1 aliphatic heterocycles. The Morgan fingerprint density at radius 3 is 2.21 bits per heavy atom. The van der Waals surface area contributed by atoms with Crippen LogP contribution in [-0.2, 0) is 9.31 Å². The van der Waals surface area contributed by atoms with Crippen LogP contribution in [0, 0.1) is 0 Å². The molecule has 4 heteroatoms. The van der Waals surface area contributed by atoms with Gasteiger partial charge in [0.2, 0.25) is 0 Å². The first-order chi connectivity index (χ1) is 8.80. The van der Waals surface area contributed by atoms with Gasteiger partial charge in [0, 0.05) is 5.69 Å². The van der Waals surface area contributed by atoms with Crippen LogP contribution in [0.4, 0.5) is 5.69 Å². The Morgan fingerprint density at radius 1 is 1.11 bits per heavy atom. The summed E-state index contributed by atoms with van der Waals surface area (Å²) in [6.07, 6.45) is 2.52. The molecule has 0 aromatic heterocycles. The Labute approximate surface area is 115 Å². The molecule has 1 heterocycles. The highest BCUT2D eigenvalue weighted by Gasteiger charge is 2.52. The highest BCUT2D eigenvalue weighted by molar-refractivity contribution is 6.62. The van der Waals surface area contributed by atoms with Gasteiger partial charge in [-0.2, -0.15) is 0 Å². The van der Waals surface area contributed by atoms with Gasteiger partial charge in [-0.25, -0.2) is 0 Å². The van der Waals surface area contributed by atoms with Crippen molar-refractivity contribution in [3.05, 3.63) is 23.8 Å². The molecule has 19 heavy (non-hydrogen) atoms. The van der Waals surface area contributed by atoms with Crippen LogP contribution in [0.25, 0.3) is 0 Å². The van der Waals surface area contributed by atoms with Crippen LogP contribution >= 0.6 is 0 Å². The summed E-state index contributed by atoms with van der Waals surface area (Å²) in [5, 5.41) is 0. The molecular weight excluding hydrogens is 237 g/mol. The first-order valence-corrected chi connectivity index (χ1v) is 7.05. The van der Waals surface area contributed by atoms with Gasteiger partial charge in [0.05, 0.1) is 11.2 Å². The van der Waals surface area contributed by atoms with Crippen LogP contribution in [0.15, 0.2) is 18.2 Å². The predicted octanol–water partition coefficient (Wildman–Crippen LogP) is 2.45. The lowest BCUT2D eigenvalue weighted by atomic mass is 9.74. The average Bonchev–Trinajstić information content (AvgIpc) is 3.07. The third-order valence-corrected chi connectivity index (χ3v) is 4.64. The molecule has 2 aliphatic rings. The zero-order chi connectivity index (χ0) is 13.8. The molecule has 3 nitrogen and oxygen atoms in total. The van der Waals surface area contributed by atoms with Crippen molar-refractivity contribution < 1.29 is 9.31 Å². The number of nitrogens with two attached hydrogens (primary N) is 1. The van der Waals surface area contributed by atoms with E-state index in [9.17, 15) is 0 Å². The van der Waals surface area contributed by atoms with E-state index in [2.05, 4.69) is 33.8 Å². The van der Waals surface area contributed by atoms with Gasteiger partial charge < -0.3 is 15.0 Å². The van der Waals surface area contributed by atoms with E-state index in [1.54, 1.807) is 0 Å². The lowest BCUT2D eigenvalue weighted by Crippen LogP contribution is -2.41. The minimum absolute atomic E-state index is 0.302. The highest BCUT2D eigenvalue weighted by Crippen LogP contribution is 2.42. The SMILES string of the molecule is CC1(C)OB(c2cc(N)ccc2C2CC2)OC1(C)C. The summed E-state index contributed by atoms with van der Waals surface area (Å²) in [7, 11) is -0.302. The molecule has 1 saturated carbocycles. The van der Waals surface area contributed by atoms with Gasteiger partial charge in [-0.1, -0.05) is 6.07 Å². The zero-order valence-electron chi connectivity index (χ0n) is 12.2. The lowest BCUT2D eigenvalue weighted by Gasteiger charge is -2.32. The number of anilines is 1. The Kier molecular flexibility index (Phi) is 2.74. The minimum atomic E-state index is -0.302. The van der Waals surface area contributed by atoms with Gasteiger partial charge >= 0.3 is 7.12 Å². The van der Waals surface area contributed by atoms with Gasteiger partial charge in [0.25, 0.3) is 0 Å².